The molecule has 6 nitrogen and oxygen atoms in total. The lowest BCUT2D eigenvalue weighted by Gasteiger charge is -2.08. The molecule has 0 radical (unpaired) electrons. The highest BCUT2D eigenvalue weighted by Gasteiger charge is 2.08. The van der Waals surface area contributed by atoms with Gasteiger partial charge in [-0.3, -0.25) is 4.90 Å². The van der Waals surface area contributed by atoms with Crippen molar-refractivity contribution >= 4 is 5.97 Å². The first-order valence-electron chi connectivity index (χ1n) is 2.47. The summed E-state index contributed by atoms with van der Waals surface area (Å²) < 4.78 is 0. The third-order valence-electron chi connectivity index (χ3n) is 0.848. The van der Waals surface area contributed by atoms with Crippen LogP contribution >= 0.6 is 0 Å². The second kappa shape index (κ2) is 6.43. The second-order valence-electron chi connectivity index (χ2n) is 1.64. The maximum absolute atomic E-state index is 9.88. The lowest BCUT2D eigenvalue weighted by atomic mass is 10.6. The Morgan fingerprint density at radius 3 is 1.80 bits per heavy atom. The Morgan fingerprint density at radius 2 is 1.70 bits per heavy atom. The fraction of sp³-hybridized carbons (Fsp3) is 0.750. The molecule has 0 rings (SSSR count). The monoisotopic (exact) mass is 153 g/mol. The van der Waals surface area contributed by atoms with E-state index in [1.807, 2.05) is 0 Å². The minimum atomic E-state index is -1.03. The molecule has 0 heterocycles. The fourth-order valence-corrected chi connectivity index (χ4v) is 0.376. The number of aliphatic carboxylic acids is 1. The van der Waals surface area contributed by atoms with Crippen LogP contribution in [0.5, 0.6) is 0 Å². The van der Waals surface area contributed by atoms with E-state index in [0.29, 0.717) is 0 Å². The minimum Gasteiger partial charge on any atom is -0.870 e. The summed E-state index contributed by atoms with van der Waals surface area (Å²) >= 11 is 0. The summed E-state index contributed by atoms with van der Waals surface area (Å²) in [5, 5.41) is 24.7. The summed E-state index contributed by atoms with van der Waals surface area (Å²) in [6, 6.07) is 0. The smallest absolute Gasteiger partial charge is 0.359 e. The molecule has 0 aromatic rings. The van der Waals surface area contributed by atoms with Gasteiger partial charge < -0.3 is 20.8 Å². The van der Waals surface area contributed by atoms with Gasteiger partial charge in [-0.25, -0.2) is 4.79 Å². The molecule has 0 fully saturated rings. The van der Waals surface area contributed by atoms with E-state index in [1.54, 1.807) is 0 Å². The molecular weight excluding hydrogens is 142 g/mol. The van der Waals surface area contributed by atoms with Crippen LogP contribution in [-0.4, -0.2) is 46.8 Å². The lowest BCUT2D eigenvalue weighted by molar-refractivity contribution is -0.929. The molecule has 6 heteroatoms. The Morgan fingerprint density at radius 1 is 1.30 bits per heavy atom. The Labute approximate surface area is 57.6 Å². The summed E-state index contributed by atoms with van der Waals surface area (Å²) in [5.41, 5.74) is 0. The maximum Gasteiger partial charge on any atom is 0.359 e. The van der Waals surface area contributed by atoms with Crippen molar-refractivity contribution in [3.05, 3.63) is 0 Å². The number of rotatable bonds is 4. The minimum absolute atomic E-state index is 0. The maximum atomic E-state index is 9.88. The molecule has 62 valence electrons. The molecule has 0 aliphatic rings. The van der Waals surface area contributed by atoms with Crippen molar-refractivity contribution in [2.45, 2.75) is 0 Å². The van der Waals surface area contributed by atoms with Crippen LogP contribution in [0, 0.1) is 0 Å². The van der Waals surface area contributed by atoms with Crippen molar-refractivity contribution in [2.75, 3.05) is 20.0 Å². The predicted octanol–water partition coefficient (Wildman–Crippen LogP) is -3.32. The molecular formula is C4H11NO5. The van der Waals surface area contributed by atoms with Crippen molar-refractivity contribution in [1.29, 1.82) is 0 Å². The molecule has 0 aromatic heterocycles. The molecule has 0 spiro atoms. The van der Waals surface area contributed by atoms with Crippen LogP contribution in [-0.2, 0) is 4.79 Å². The van der Waals surface area contributed by atoms with E-state index in [4.69, 9.17) is 15.3 Å². The largest absolute Gasteiger partial charge is 0.870 e. The van der Waals surface area contributed by atoms with Crippen molar-refractivity contribution in [2.24, 2.45) is 0 Å². The van der Waals surface area contributed by atoms with Gasteiger partial charge >= 0.3 is 5.97 Å². The zero-order valence-electron chi connectivity index (χ0n) is 5.32. The molecule has 10 heavy (non-hydrogen) atoms. The van der Waals surface area contributed by atoms with Gasteiger partial charge in [0.05, 0.1) is 0 Å². The van der Waals surface area contributed by atoms with E-state index in [2.05, 4.69) is 0 Å². The standard InChI is InChI=1S/C4H9NO4.H2O/c6-2-5(3-7)1-4(8)9;/h6-7H,1-3H2,(H,8,9);1H2. The van der Waals surface area contributed by atoms with Gasteiger partial charge in [-0.1, -0.05) is 0 Å². The summed E-state index contributed by atoms with van der Waals surface area (Å²) in [6.45, 7) is -0.974. The Bertz CT molecular complexity index is 91.6. The van der Waals surface area contributed by atoms with E-state index < -0.39 is 5.97 Å². The van der Waals surface area contributed by atoms with E-state index >= 15 is 0 Å². The van der Waals surface area contributed by atoms with Crippen LogP contribution in [0.2, 0.25) is 0 Å². The third-order valence-corrected chi connectivity index (χ3v) is 0.848. The highest BCUT2D eigenvalue weighted by Crippen LogP contribution is 1.50. The van der Waals surface area contributed by atoms with Crippen LogP contribution in [0.1, 0.15) is 0 Å². The van der Waals surface area contributed by atoms with Crippen molar-refractivity contribution in [3.8, 4) is 0 Å². The van der Waals surface area contributed by atoms with Gasteiger partial charge in [0.1, 0.15) is 0 Å². The first-order valence-corrected chi connectivity index (χ1v) is 2.47. The number of carbonyl (C=O) groups is 1. The van der Waals surface area contributed by atoms with Gasteiger partial charge in [0.2, 0.25) is 0 Å². The van der Waals surface area contributed by atoms with Crippen LogP contribution < -0.4 is 4.90 Å². The summed E-state index contributed by atoms with van der Waals surface area (Å²) in [5.74, 6) is -1.03. The third kappa shape index (κ3) is 5.45. The van der Waals surface area contributed by atoms with Gasteiger partial charge in [-0.2, -0.15) is 0 Å². The number of hydrogen-bond donors (Lipinski definition) is 4. The average molecular weight is 153 g/mol. The first kappa shape index (κ1) is 12.0. The van der Waals surface area contributed by atoms with Crippen LogP contribution in [0.25, 0.3) is 0 Å². The highest BCUT2D eigenvalue weighted by molar-refractivity contribution is 5.67. The summed E-state index contributed by atoms with van der Waals surface area (Å²) in [6.07, 6.45) is 0. The topological polar surface area (TPSA) is 112 Å². The molecule has 0 unspecified atom stereocenters. The van der Waals surface area contributed by atoms with E-state index in [-0.39, 0.29) is 30.4 Å². The van der Waals surface area contributed by atoms with Gasteiger partial charge in [0.15, 0.2) is 20.0 Å². The number of aliphatic hydroxyl groups excluding tert-OH is 2. The van der Waals surface area contributed by atoms with Gasteiger partial charge in [0, 0.05) is 0 Å². The first-order chi connectivity index (χ1) is 4.20. The van der Waals surface area contributed by atoms with Crippen molar-refractivity contribution in [3.63, 3.8) is 0 Å². The second-order valence-corrected chi connectivity index (χ2v) is 1.64. The zero-order chi connectivity index (χ0) is 7.28. The predicted molar refractivity (Wildman–Crippen MR) is 29.6 cm³/mol. The average Bonchev–Trinajstić information content (AvgIpc) is 1.82. The Hall–Kier alpha value is -0.690. The van der Waals surface area contributed by atoms with Gasteiger partial charge in [-0.15, -0.1) is 0 Å². The molecule has 0 bridgehead atoms. The number of carboxylic acid groups (broad SMARTS) is 1. The van der Waals surface area contributed by atoms with Crippen LogP contribution in [0.15, 0.2) is 0 Å². The summed E-state index contributed by atoms with van der Waals surface area (Å²) in [4.78, 5) is 10.1. The molecule has 0 saturated heterocycles. The molecule has 0 saturated carbocycles. The number of quaternary nitrogens is 1. The van der Waals surface area contributed by atoms with Crippen LogP contribution in [0.3, 0.4) is 0 Å². The molecule has 0 aliphatic heterocycles. The number of carboxylic acids is 1. The van der Waals surface area contributed by atoms with Gasteiger partial charge in [0.25, 0.3) is 0 Å². The summed E-state index contributed by atoms with van der Waals surface area (Å²) in [7, 11) is 0. The van der Waals surface area contributed by atoms with Gasteiger partial charge in [-0.05, 0) is 0 Å². The molecule has 0 amide bonds. The van der Waals surface area contributed by atoms with Crippen molar-refractivity contribution < 1.29 is 30.5 Å². The quantitative estimate of drug-likeness (QED) is 0.316. The molecule has 0 aromatic carbocycles. The highest BCUT2D eigenvalue weighted by atomic mass is 16.4. The van der Waals surface area contributed by atoms with Crippen molar-refractivity contribution in [1.82, 2.24) is 0 Å². The van der Waals surface area contributed by atoms with E-state index in [1.165, 1.54) is 0 Å². The Balaban J connectivity index is 0. The SMILES string of the molecule is O=C(O)C[NH+](CO)CO.[OH-]. The molecule has 0 atom stereocenters. The number of aliphatic hydroxyl groups is 2. The lowest BCUT2D eigenvalue weighted by Crippen LogP contribution is -3.13. The fourth-order valence-electron chi connectivity index (χ4n) is 0.376. The van der Waals surface area contributed by atoms with E-state index in [0.717, 1.165) is 0 Å². The number of nitrogens with one attached hydrogen (secondary N) is 1. The molecule has 5 N–H and O–H groups in total. The Kier molecular flexibility index (Phi) is 7.74. The molecule has 0 aliphatic carbocycles. The normalized spacial score (nSPS) is 9.10. The van der Waals surface area contributed by atoms with Crippen LogP contribution in [0.4, 0.5) is 0 Å². The zero-order valence-corrected chi connectivity index (χ0v) is 5.32. The number of hydrogen-bond acceptors (Lipinski definition) is 4. The van der Waals surface area contributed by atoms with E-state index in [9.17, 15) is 4.79 Å².